The molecule has 1 heterocycles. The number of alkyl halides is 2. The summed E-state index contributed by atoms with van der Waals surface area (Å²) in [5, 5.41) is 2.79. The number of nitrogens with one attached hydrogen (secondary N) is 1. The van der Waals surface area contributed by atoms with Crippen molar-refractivity contribution in [3.8, 4) is 0 Å². The van der Waals surface area contributed by atoms with Gasteiger partial charge in [-0.05, 0) is 43.9 Å². The molecule has 122 valence electrons. The van der Waals surface area contributed by atoms with Crippen LogP contribution >= 0.6 is 0 Å². The Bertz CT molecular complexity index is 771. The van der Waals surface area contributed by atoms with E-state index in [1.165, 1.54) is 6.42 Å². The van der Waals surface area contributed by atoms with Crippen LogP contribution in [0.5, 0.6) is 0 Å². The Morgan fingerprint density at radius 1 is 1.35 bits per heavy atom. The van der Waals surface area contributed by atoms with E-state index in [2.05, 4.69) is 20.9 Å². The number of nitrogens with zero attached hydrogens (tertiary/aromatic N) is 2. The number of carbonyl (C=O) groups is 1. The molecule has 1 amide bonds. The third-order valence-electron chi connectivity index (χ3n) is 4.98. The van der Waals surface area contributed by atoms with E-state index in [1.807, 2.05) is 19.1 Å². The monoisotopic (exact) mass is 319 g/mol. The minimum absolute atomic E-state index is 0.333. The molecule has 2 aliphatic rings. The second kappa shape index (κ2) is 5.01. The summed E-state index contributed by atoms with van der Waals surface area (Å²) in [5.41, 5.74) is 2.97. The molecule has 23 heavy (non-hydrogen) atoms. The van der Waals surface area contributed by atoms with Gasteiger partial charge >= 0.3 is 0 Å². The van der Waals surface area contributed by atoms with Crippen molar-refractivity contribution >= 4 is 22.9 Å². The number of aromatic nitrogens is 2. The number of halogens is 2. The summed E-state index contributed by atoms with van der Waals surface area (Å²) >= 11 is 0. The van der Waals surface area contributed by atoms with Gasteiger partial charge in [0.15, 0.2) is 0 Å². The van der Waals surface area contributed by atoms with Gasteiger partial charge in [0, 0.05) is 24.8 Å². The van der Waals surface area contributed by atoms with Crippen LogP contribution in [0.25, 0.3) is 11.0 Å². The van der Waals surface area contributed by atoms with Gasteiger partial charge in [0.05, 0.1) is 11.0 Å². The maximum atomic E-state index is 13.0. The lowest BCUT2D eigenvalue weighted by atomic mass is 9.81. The van der Waals surface area contributed by atoms with Crippen molar-refractivity contribution in [2.75, 3.05) is 5.32 Å². The van der Waals surface area contributed by atoms with Gasteiger partial charge < -0.3 is 4.57 Å². The molecule has 4 nitrogen and oxygen atoms in total. The first-order valence-corrected chi connectivity index (χ1v) is 8.10. The van der Waals surface area contributed by atoms with Crippen LogP contribution in [-0.4, -0.2) is 21.4 Å². The first-order chi connectivity index (χ1) is 10.9. The fraction of sp³-hybridized carbons (Fsp3) is 0.529. The van der Waals surface area contributed by atoms with Crippen LogP contribution in [0.15, 0.2) is 18.2 Å². The van der Waals surface area contributed by atoms with Crippen molar-refractivity contribution in [2.45, 2.75) is 51.0 Å². The lowest BCUT2D eigenvalue weighted by molar-refractivity contribution is -0.145. The van der Waals surface area contributed by atoms with Crippen molar-refractivity contribution in [2.24, 2.45) is 5.92 Å². The molecule has 2 aliphatic carbocycles. The minimum Gasteiger partial charge on any atom is -0.307 e. The van der Waals surface area contributed by atoms with E-state index in [-0.39, 0.29) is 18.7 Å². The van der Waals surface area contributed by atoms with Gasteiger partial charge in [-0.2, -0.15) is 0 Å². The largest absolute Gasteiger partial charge is 0.307 e. The first-order valence-electron chi connectivity index (χ1n) is 8.10. The minimum atomic E-state index is -2.69. The van der Waals surface area contributed by atoms with Crippen molar-refractivity contribution in [1.29, 1.82) is 0 Å². The van der Waals surface area contributed by atoms with Gasteiger partial charge in [0.1, 0.15) is 0 Å². The van der Waals surface area contributed by atoms with Crippen LogP contribution in [0.3, 0.4) is 0 Å². The summed E-state index contributed by atoms with van der Waals surface area (Å²) in [6.45, 7) is 2.02. The van der Waals surface area contributed by atoms with Crippen LogP contribution < -0.4 is 5.32 Å². The van der Waals surface area contributed by atoms with E-state index in [4.69, 9.17) is 0 Å². The van der Waals surface area contributed by atoms with Crippen LogP contribution in [0.4, 0.5) is 14.7 Å². The second-order valence-corrected chi connectivity index (χ2v) is 6.83. The Morgan fingerprint density at radius 2 is 2.09 bits per heavy atom. The summed E-state index contributed by atoms with van der Waals surface area (Å²) in [6.07, 6.45) is 2.56. The lowest BCUT2D eigenvalue weighted by Gasteiger charge is -2.34. The number of hydrogen-bond donors (Lipinski definition) is 1. The fourth-order valence-electron chi connectivity index (χ4n) is 3.36. The molecule has 1 aromatic heterocycles. The number of carbonyl (C=O) groups excluding carboxylic acids is 1. The van der Waals surface area contributed by atoms with E-state index in [0.29, 0.717) is 12.0 Å². The lowest BCUT2D eigenvalue weighted by Crippen LogP contribution is -2.42. The van der Waals surface area contributed by atoms with Gasteiger partial charge in [-0.25, -0.2) is 13.8 Å². The molecule has 2 aromatic rings. The van der Waals surface area contributed by atoms with Crippen molar-refractivity contribution in [3.63, 3.8) is 0 Å². The number of hydrogen-bond acceptors (Lipinski definition) is 2. The highest BCUT2D eigenvalue weighted by Crippen LogP contribution is 2.43. The molecule has 1 N–H and O–H groups in total. The standard InChI is InChI=1S/C17H19F2N3O/c1-10-5-6-13-14(7-10)22(12-3-2-4-12)16(20-13)21-15(23)11-8-17(18,19)9-11/h5-7,11-12H,2-4,8-9H2,1H3,(H,20,21,23). The predicted octanol–water partition coefficient (Wildman–Crippen LogP) is 4.05. The smallest absolute Gasteiger partial charge is 0.249 e. The second-order valence-electron chi connectivity index (χ2n) is 6.83. The van der Waals surface area contributed by atoms with E-state index in [1.54, 1.807) is 0 Å². The number of amides is 1. The summed E-state index contributed by atoms with van der Waals surface area (Å²) < 4.78 is 28.0. The van der Waals surface area contributed by atoms with Crippen LogP contribution in [-0.2, 0) is 4.79 Å². The average molecular weight is 319 g/mol. The first kappa shape index (κ1) is 14.6. The number of aryl methyl sites for hydroxylation is 1. The van der Waals surface area contributed by atoms with Crippen molar-refractivity contribution in [1.82, 2.24) is 9.55 Å². The number of anilines is 1. The SMILES string of the molecule is Cc1ccc2nc(NC(=O)C3CC(F)(F)C3)n(C3CCC3)c2c1. The number of benzene rings is 1. The molecule has 2 saturated carbocycles. The normalized spacial score (nSPS) is 21.0. The topological polar surface area (TPSA) is 46.9 Å². The molecule has 0 aliphatic heterocycles. The highest BCUT2D eigenvalue weighted by Gasteiger charge is 2.49. The van der Waals surface area contributed by atoms with E-state index < -0.39 is 11.8 Å². The molecule has 0 bridgehead atoms. The fourth-order valence-corrected chi connectivity index (χ4v) is 3.36. The predicted molar refractivity (Wildman–Crippen MR) is 83.7 cm³/mol. The van der Waals surface area contributed by atoms with E-state index in [9.17, 15) is 13.6 Å². The maximum Gasteiger partial charge on any atom is 0.249 e. The Hall–Kier alpha value is -1.98. The third kappa shape index (κ3) is 2.50. The van der Waals surface area contributed by atoms with Gasteiger partial charge in [-0.1, -0.05) is 6.07 Å². The molecule has 6 heteroatoms. The number of rotatable bonds is 3. The van der Waals surface area contributed by atoms with Crippen molar-refractivity contribution in [3.05, 3.63) is 23.8 Å². The molecular weight excluding hydrogens is 300 g/mol. The number of fused-ring (bicyclic) bond motifs is 1. The molecular formula is C17H19F2N3O. The van der Waals surface area contributed by atoms with Crippen LogP contribution in [0.1, 0.15) is 43.7 Å². The number of imidazole rings is 1. The van der Waals surface area contributed by atoms with Gasteiger partial charge in [-0.3, -0.25) is 10.1 Å². The summed E-state index contributed by atoms with van der Waals surface area (Å²) in [6, 6.07) is 6.32. The Labute approximate surface area is 132 Å². The van der Waals surface area contributed by atoms with Crippen molar-refractivity contribution < 1.29 is 13.6 Å². The molecule has 0 radical (unpaired) electrons. The molecule has 0 atom stereocenters. The zero-order valence-corrected chi connectivity index (χ0v) is 13.0. The zero-order chi connectivity index (χ0) is 16.2. The van der Waals surface area contributed by atoms with Gasteiger partial charge in [0.25, 0.3) is 0 Å². The van der Waals surface area contributed by atoms with Crippen LogP contribution in [0.2, 0.25) is 0 Å². The average Bonchev–Trinajstić information content (AvgIpc) is 2.72. The highest BCUT2D eigenvalue weighted by atomic mass is 19.3. The summed E-state index contributed by atoms with van der Waals surface area (Å²) in [4.78, 5) is 16.7. The molecule has 0 unspecified atom stereocenters. The third-order valence-corrected chi connectivity index (χ3v) is 4.98. The molecule has 2 fully saturated rings. The Kier molecular flexibility index (Phi) is 3.18. The molecule has 1 aromatic carbocycles. The molecule has 4 rings (SSSR count). The van der Waals surface area contributed by atoms with E-state index >= 15 is 0 Å². The summed E-state index contributed by atoms with van der Waals surface area (Å²) in [5.74, 6) is -3.15. The van der Waals surface area contributed by atoms with Crippen LogP contribution in [0, 0.1) is 12.8 Å². The molecule has 0 spiro atoms. The van der Waals surface area contributed by atoms with Gasteiger partial charge in [-0.15, -0.1) is 0 Å². The maximum absolute atomic E-state index is 13.0. The Balaban J connectivity index is 1.65. The zero-order valence-electron chi connectivity index (χ0n) is 13.0. The quantitative estimate of drug-likeness (QED) is 0.927. The highest BCUT2D eigenvalue weighted by molar-refractivity contribution is 5.94. The van der Waals surface area contributed by atoms with E-state index in [0.717, 1.165) is 29.4 Å². The molecule has 0 saturated heterocycles. The van der Waals surface area contributed by atoms with Gasteiger partial charge in [0.2, 0.25) is 17.8 Å². The Morgan fingerprint density at radius 3 is 2.70 bits per heavy atom. The summed E-state index contributed by atoms with van der Waals surface area (Å²) in [7, 11) is 0.